The Morgan fingerprint density at radius 1 is 0.917 bits per heavy atom. The minimum Gasteiger partial charge on any atom is -0.480 e. The maximum absolute atomic E-state index is 12.3. The molecule has 4 unspecified atom stereocenters. The molecule has 0 rings (SSSR count). The minimum atomic E-state index is -1.19. The van der Waals surface area contributed by atoms with Gasteiger partial charge in [0, 0.05) is 5.75 Å². The third-order valence-corrected chi connectivity index (χ3v) is 3.65. The van der Waals surface area contributed by atoms with Gasteiger partial charge >= 0.3 is 5.97 Å². The summed E-state index contributed by atoms with van der Waals surface area (Å²) in [4.78, 5) is 46.7. The van der Waals surface area contributed by atoms with Crippen LogP contribution in [0.2, 0.25) is 0 Å². The number of hydrogen-bond acceptors (Lipinski definition) is 6. The highest BCUT2D eigenvalue weighted by molar-refractivity contribution is 7.80. The average Bonchev–Trinajstić information content (AvgIpc) is 2.50. The third kappa shape index (κ3) is 7.18. The molecule has 9 nitrogen and oxygen atoms in total. The lowest BCUT2D eigenvalue weighted by molar-refractivity contribution is -0.141. The van der Waals surface area contributed by atoms with Crippen molar-refractivity contribution in [3.63, 3.8) is 0 Å². The molecule has 0 aromatic heterocycles. The van der Waals surface area contributed by atoms with Crippen LogP contribution in [-0.2, 0) is 19.2 Å². The van der Waals surface area contributed by atoms with Gasteiger partial charge in [-0.3, -0.25) is 19.2 Å². The molecule has 0 aromatic rings. The van der Waals surface area contributed by atoms with Gasteiger partial charge in [-0.05, 0) is 19.8 Å². The van der Waals surface area contributed by atoms with Crippen molar-refractivity contribution in [2.24, 2.45) is 11.7 Å². The van der Waals surface area contributed by atoms with E-state index in [9.17, 15) is 19.2 Å². The first-order valence-electron chi connectivity index (χ1n) is 7.51. The van der Waals surface area contributed by atoms with E-state index in [-0.39, 0.29) is 11.7 Å². The monoisotopic (exact) mass is 362 g/mol. The summed E-state index contributed by atoms with van der Waals surface area (Å²) in [6.45, 7) is 6.19. The predicted octanol–water partition coefficient (Wildman–Crippen LogP) is -1.52. The zero-order valence-electron chi connectivity index (χ0n) is 14.2. The second-order valence-electron chi connectivity index (χ2n) is 5.82. The lowest BCUT2D eigenvalue weighted by atomic mass is 10.0. The van der Waals surface area contributed by atoms with Gasteiger partial charge in [0.2, 0.25) is 17.7 Å². The number of carboxylic acid groups (broad SMARTS) is 1. The van der Waals surface area contributed by atoms with Gasteiger partial charge in [0.05, 0.1) is 6.04 Å². The van der Waals surface area contributed by atoms with Crippen LogP contribution in [0.25, 0.3) is 0 Å². The number of rotatable bonds is 9. The molecule has 0 aliphatic rings. The quantitative estimate of drug-likeness (QED) is 0.274. The molecule has 0 saturated heterocycles. The van der Waals surface area contributed by atoms with Gasteiger partial charge in [0.1, 0.15) is 18.1 Å². The van der Waals surface area contributed by atoms with Crippen LogP contribution < -0.4 is 21.7 Å². The van der Waals surface area contributed by atoms with E-state index in [1.54, 1.807) is 13.8 Å². The van der Waals surface area contributed by atoms with E-state index in [0.717, 1.165) is 0 Å². The summed E-state index contributed by atoms with van der Waals surface area (Å²) in [7, 11) is 0. The fraction of sp³-hybridized carbons (Fsp3) is 0.714. The molecule has 0 aliphatic carbocycles. The van der Waals surface area contributed by atoms with E-state index in [1.807, 2.05) is 0 Å². The second kappa shape index (κ2) is 10.1. The van der Waals surface area contributed by atoms with Gasteiger partial charge in [0.25, 0.3) is 0 Å². The van der Waals surface area contributed by atoms with Crippen LogP contribution in [0, 0.1) is 5.92 Å². The average molecular weight is 362 g/mol. The van der Waals surface area contributed by atoms with Crippen molar-refractivity contribution in [1.29, 1.82) is 0 Å². The van der Waals surface area contributed by atoms with Gasteiger partial charge in [-0.15, -0.1) is 0 Å². The first-order valence-corrected chi connectivity index (χ1v) is 8.14. The van der Waals surface area contributed by atoms with Crippen molar-refractivity contribution in [2.75, 3.05) is 5.75 Å². The number of carbonyl (C=O) groups is 4. The van der Waals surface area contributed by atoms with Crippen molar-refractivity contribution >= 4 is 36.3 Å². The normalized spacial score (nSPS) is 15.8. The smallest absolute Gasteiger partial charge is 0.325 e. The molecule has 0 fully saturated rings. The van der Waals surface area contributed by atoms with Gasteiger partial charge in [-0.25, -0.2) is 0 Å². The Bertz CT molecular complexity index is 486. The molecule has 0 aliphatic heterocycles. The molecule has 0 bridgehead atoms. The van der Waals surface area contributed by atoms with Crippen molar-refractivity contribution in [1.82, 2.24) is 16.0 Å². The lowest BCUT2D eigenvalue weighted by Gasteiger charge is -2.25. The van der Waals surface area contributed by atoms with Crippen molar-refractivity contribution in [2.45, 2.75) is 51.9 Å². The molecule has 4 atom stereocenters. The lowest BCUT2D eigenvalue weighted by Crippen LogP contribution is -2.57. The first kappa shape index (κ1) is 22.2. The standard InChI is InChI=1S/C14H26N4O5S/c1-6(2)10(18-12(20)9(15)5-24)13(21)16-7(3)11(19)17-8(4)14(22)23/h6-10,24H,5,15H2,1-4H3,(H,16,21)(H,17,19)(H,18,20)(H,22,23). The summed E-state index contributed by atoms with van der Waals surface area (Å²) < 4.78 is 0. The largest absolute Gasteiger partial charge is 0.480 e. The Morgan fingerprint density at radius 2 is 1.42 bits per heavy atom. The summed E-state index contributed by atoms with van der Waals surface area (Å²) >= 11 is 3.92. The number of carboxylic acids is 1. The summed E-state index contributed by atoms with van der Waals surface area (Å²) in [5.74, 6) is -3.02. The van der Waals surface area contributed by atoms with E-state index in [1.165, 1.54) is 13.8 Å². The number of nitrogens with one attached hydrogen (secondary N) is 3. The maximum Gasteiger partial charge on any atom is 0.325 e. The summed E-state index contributed by atoms with van der Waals surface area (Å²) in [6.07, 6.45) is 0. The number of thiol groups is 1. The number of amides is 3. The molecule has 10 heteroatoms. The second-order valence-corrected chi connectivity index (χ2v) is 6.18. The van der Waals surface area contributed by atoms with Crippen LogP contribution in [0.3, 0.4) is 0 Å². The molecule has 24 heavy (non-hydrogen) atoms. The molecule has 138 valence electrons. The fourth-order valence-electron chi connectivity index (χ4n) is 1.65. The first-order chi connectivity index (χ1) is 11.0. The number of nitrogens with two attached hydrogens (primary N) is 1. The van der Waals surface area contributed by atoms with Crippen molar-refractivity contribution in [3.8, 4) is 0 Å². The van der Waals surface area contributed by atoms with Gasteiger partial charge < -0.3 is 26.8 Å². The minimum absolute atomic E-state index is 0.129. The maximum atomic E-state index is 12.3. The van der Waals surface area contributed by atoms with Crippen LogP contribution >= 0.6 is 12.6 Å². The van der Waals surface area contributed by atoms with Gasteiger partial charge in [-0.2, -0.15) is 12.6 Å². The number of aliphatic carboxylic acids is 1. The highest BCUT2D eigenvalue weighted by atomic mass is 32.1. The Labute approximate surface area is 146 Å². The molecule has 3 amide bonds. The van der Waals surface area contributed by atoms with Crippen LogP contribution in [0.15, 0.2) is 0 Å². The molecule has 0 saturated carbocycles. The topological polar surface area (TPSA) is 151 Å². The summed E-state index contributed by atoms with van der Waals surface area (Å²) in [5, 5.41) is 16.0. The van der Waals surface area contributed by atoms with Crippen LogP contribution in [0.5, 0.6) is 0 Å². The zero-order chi connectivity index (χ0) is 19.0. The van der Waals surface area contributed by atoms with E-state index >= 15 is 0 Å². The molecular formula is C14H26N4O5S. The zero-order valence-corrected chi connectivity index (χ0v) is 15.1. The molecule has 0 heterocycles. The van der Waals surface area contributed by atoms with Gasteiger partial charge in [0.15, 0.2) is 0 Å². The summed E-state index contributed by atoms with van der Waals surface area (Å²) in [5.41, 5.74) is 5.56. The van der Waals surface area contributed by atoms with Crippen molar-refractivity contribution in [3.05, 3.63) is 0 Å². The van der Waals surface area contributed by atoms with Crippen LogP contribution in [0.4, 0.5) is 0 Å². The predicted molar refractivity (Wildman–Crippen MR) is 91.4 cm³/mol. The fourth-order valence-corrected chi connectivity index (χ4v) is 1.81. The summed E-state index contributed by atoms with van der Waals surface area (Å²) in [6, 6.07) is -3.77. The van der Waals surface area contributed by atoms with E-state index in [0.29, 0.717) is 0 Å². The van der Waals surface area contributed by atoms with Crippen LogP contribution in [0.1, 0.15) is 27.7 Å². The highest BCUT2D eigenvalue weighted by Crippen LogP contribution is 2.03. The Hall–Kier alpha value is -1.81. The van der Waals surface area contributed by atoms with Gasteiger partial charge in [-0.1, -0.05) is 13.8 Å². The Balaban J connectivity index is 4.80. The third-order valence-electron chi connectivity index (χ3n) is 3.26. The number of hydrogen-bond donors (Lipinski definition) is 6. The van der Waals surface area contributed by atoms with E-state index in [4.69, 9.17) is 10.8 Å². The molecular weight excluding hydrogens is 336 g/mol. The number of carbonyl (C=O) groups excluding carboxylic acids is 3. The Kier molecular flexibility index (Phi) is 9.37. The molecule has 0 spiro atoms. The van der Waals surface area contributed by atoms with Crippen molar-refractivity contribution < 1.29 is 24.3 Å². The highest BCUT2D eigenvalue weighted by Gasteiger charge is 2.28. The Morgan fingerprint density at radius 3 is 1.83 bits per heavy atom. The molecule has 0 radical (unpaired) electrons. The van der Waals surface area contributed by atoms with E-state index in [2.05, 4.69) is 28.6 Å². The molecule has 6 N–H and O–H groups in total. The van der Waals surface area contributed by atoms with E-state index < -0.39 is 47.9 Å². The SMILES string of the molecule is CC(NC(=O)C(C)NC(=O)C(NC(=O)C(N)CS)C(C)C)C(=O)O. The van der Waals surface area contributed by atoms with Crippen LogP contribution in [-0.4, -0.2) is 58.7 Å². The molecule has 0 aromatic carbocycles.